The smallest absolute Gasteiger partial charge is 0.247 e. The van der Waals surface area contributed by atoms with Crippen molar-refractivity contribution in [3.05, 3.63) is 35.9 Å². The van der Waals surface area contributed by atoms with Crippen LogP contribution in [-0.2, 0) is 4.79 Å². The Bertz CT molecular complexity index is 436. The van der Waals surface area contributed by atoms with Crippen LogP contribution in [0.2, 0.25) is 0 Å². The monoisotopic (exact) mass is 259 g/mol. The molecular weight excluding hydrogens is 238 g/mol. The van der Waals surface area contributed by atoms with Gasteiger partial charge in [0.2, 0.25) is 5.91 Å². The van der Waals surface area contributed by atoms with Crippen LogP contribution in [0.4, 0.5) is 0 Å². The van der Waals surface area contributed by atoms with Crippen LogP contribution in [-0.4, -0.2) is 42.8 Å². The highest BCUT2D eigenvalue weighted by atomic mass is 16.1. The zero-order chi connectivity index (χ0) is 13.5. The molecule has 1 N–H and O–H groups in total. The Morgan fingerprint density at radius 2 is 1.95 bits per heavy atom. The minimum atomic E-state index is -0.0279. The van der Waals surface area contributed by atoms with E-state index in [9.17, 15) is 4.79 Å². The van der Waals surface area contributed by atoms with Crippen LogP contribution in [0.25, 0.3) is 0 Å². The molecule has 2 rings (SSSR count). The van der Waals surface area contributed by atoms with Gasteiger partial charge in [0.25, 0.3) is 0 Å². The molecule has 4 nitrogen and oxygen atoms in total. The fraction of sp³-hybridized carbons (Fsp3) is 0.467. The maximum Gasteiger partial charge on any atom is 0.247 e. The van der Waals surface area contributed by atoms with E-state index in [4.69, 9.17) is 0 Å². The minimum Gasteiger partial charge on any atom is -0.353 e. The largest absolute Gasteiger partial charge is 0.353 e. The van der Waals surface area contributed by atoms with Gasteiger partial charge in [0.05, 0.1) is 0 Å². The lowest BCUT2D eigenvalue weighted by atomic mass is 10.1. The number of carbonyl (C=O) groups is 1. The molecule has 0 radical (unpaired) electrons. The van der Waals surface area contributed by atoms with Crippen molar-refractivity contribution in [3.8, 4) is 0 Å². The van der Waals surface area contributed by atoms with Gasteiger partial charge in [0.1, 0.15) is 5.84 Å². The maximum absolute atomic E-state index is 11.8. The molecule has 1 aromatic rings. The highest BCUT2D eigenvalue weighted by Gasteiger charge is 2.17. The van der Waals surface area contributed by atoms with Gasteiger partial charge in [-0.3, -0.25) is 4.79 Å². The summed E-state index contributed by atoms with van der Waals surface area (Å²) < 4.78 is 0. The van der Waals surface area contributed by atoms with Crippen LogP contribution in [0.5, 0.6) is 0 Å². The van der Waals surface area contributed by atoms with E-state index in [-0.39, 0.29) is 5.91 Å². The first-order chi connectivity index (χ1) is 9.31. The molecule has 4 heteroatoms. The summed E-state index contributed by atoms with van der Waals surface area (Å²) in [6.45, 7) is 5.67. The summed E-state index contributed by atoms with van der Waals surface area (Å²) in [5.74, 6) is 0.792. The summed E-state index contributed by atoms with van der Waals surface area (Å²) in [5.41, 5.74) is 1.02. The number of nitrogens with one attached hydrogen (secondary N) is 1. The highest BCUT2D eigenvalue weighted by Crippen LogP contribution is 2.08. The summed E-state index contributed by atoms with van der Waals surface area (Å²) >= 11 is 0. The van der Waals surface area contributed by atoms with E-state index in [1.165, 1.54) is 0 Å². The van der Waals surface area contributed by atoms with E-state index in [0.29, 0.717) is 6.42 Å². The van der Waals surface area contributed by atoms with E-state index >= 15 is 0 Å². The Morgan fingerprint density at radius 3 is 2.58 bits per heavy atom. The third-order valence-corrected chi connectivity index (χ3v) is 3.14. The number of benzene rings is 1. The summed E-state index contributed by atoms with van der Waals surface area (Å²) in [7, 11) is 0. The molecule has 102 valence electrons. The molecule has 1 aromatic carbocycles. The zero-order valence-corrected chi connectivity index (χ0v) is 11.4. The lowest BCUT2D eigenvalue weighted by molar-refractivity contribution is -0.117. The minimum absolute atomic E-state index is 0.0279. The molecule has 1 amide bonds. The second-order valence-electron chi connectivity index (χ2n) is 4.68. The summed E-state index contributed by atoms with van der Waals surface area (Å²) in [6.07, 6.45) is 1.36. The van der Waals surface area contributed by atoms with E-state index in [0.717, 1.165) is 44.0 Å². The van der Waals surface area contributed by atoms with Crippen molar-refractivity contribution in [2.45, 2.75) is 19.8 Å². The first-order valence-corrected chi connectivity index (χ1v) is 6.94. The molecule has 0 aliphatic carbocycles. The quantitative estimate of drug-likeness (QED) is 0.663. The number of nitrogens with zero attached hydrogens (tertiary/aromatic N) is 2. The van der Waals surface area contributed by atoms with Gasteiger partial charge in [-0.25, -0.2) is 0 Å². The Balaban J connectivity index is 2.24. The van der Waals surface area contributed by atoms with Crippen molar-refractivity contribution in [2.75, 3.05) is 26.2 Å². The second-order valence-corrected chi connectivity index (χ2v) is 4.68. The van der Waals surface area contributed by atoms with Crippen LogP contribution >= 0.6 is 0 Å². The first kappa shape index (κ1) is 13.7. The van der Waals surface area contributed by atoms with E-state index in [2.05, 4.69) is 15.2 Å². The Hall–Kier alpha value is -1.68. The number of hydrogen-bond donors (Lipinski definition) is 1. The van der Waals surface area contributed by atoms with Gasteiger partial charge in [0, 0.05) is 38.2 Å². The van der Waals surface area contributed by atoms with Gasteiger partial charge in [-0.2, -0.15) is 4.99 Å². The van der Waals surface area contributed by atoms with Gasteiger partial charge < -0.3 is 10.2 Å². The molecule has 0 saturated carbocycles. The molecule has 0 bridgehead atoms. The molecule has 0 spiro atoms. The fourth-order valence-electron chi connectivity index (χ4n) is 2.17. The Morgan fingerprint density at radius 1 is 1.26 bits per heavy atom. The van der Waals surface area contributed by atoms with Gasteiger partial charge in [-0.15, -0.1) is 0 Å². The van der Waals surface area contributed by atoms with Crippen molar-refractivity contribution in [1.82, 2.24) is 10.2 Å². The van der Waals surface area contributed by atoms with Crippen molar-refractivity contribution in [2.24, 2.45) is 4.99 Å². The lowest BCUT2D eigenvalue weighted by Crippen LogP contribution is -2.47. The van der Waals surface area contributed by atoms with Crippen LogP contribution in [0.1, 0.15) is 25.3 Å². The zero-order valence-electron chi connectivity index (χ0n) is 11.4. The van der Waals surface area contributed by atoms with E-state index < -0.39 is 0 Å². The van der Waals surface area contributed by atoms with Crippen LogP contribution in [0, 0.1) is 0 Å². The SMILES string of the molecule is CCCC(=O)N=C(c1ccccc1)N1CCNCC1. The molecule has 0 unspecified atom stereocenters. The molecule has 0 aromatic heterocycles. The molecule has 0 atom stereocenters. The topological polar surface area (TPSA) is 44.7 Å². The molecule has 1 heterocycles. The summed E-state index contributed by atoms with van der Waals surface area (Å²) in [6, 6.07) is 9.97. The number of carbonyl (C=O) groups excluding carboxylic acids is 1. The lowest BCUT2D eigenvalue weighted by Gasteiger charge is -2.30. The summed E-state index contributed by atoms with van der Waals surface area (Å²) in [5, 5.41) is 3.32. The molecule has 1 saturated heterocycles. The van der Waals surface area contributed by atoms with Crippen LogP contribution in [0.3, 0.4) is 0 Å². The number of aliphatic imine (C=N–C) groups is 1. The van der Waals surface area contributed by atoms with E-state index in [1.807, 2.05) is 37.3 Å². The van der Waals surface area contributed by atoms with Gasteiger partial charge in [-0.05, 0) is 6.42 Å². The third-order valence-electron chi connectivity index (χ3n) is 3.14. The Kier molecular flexibility index (Phi) is 5.10. The number of amidine groups is 1. The normalized spacial score (nSPS) is 16.5. The van der Waals surface area contributed by atoms with Crippen LogP contribution in [0.15, 0.2) is 35.3 Å². The number of hydrogen-bond acceptors (Lipinski definition) is 2. The number of amides is 1. The van der Waals surface area contributed by atoms with Crippen molar-refractivity contribution < 1.29 is 4.79 Å². The second kappa shape index (κ2) is 7.04. The molecule has 1 fully saturated rings. The van der Waals surface area contributed by atoms with E-state index in [1.54, 1.807) is 0 Å². The number of rotatable bonds is 3. The predicted molar refractivity (Wildman–Crippen MR) is 77.3 cm³/mol. The van der Waals surface area contributed by atoms with Crippen LogP contribution < -0.4 is 5.32 Å². The molecule has 1 aliphatic rings. The third kappa shape index (κ3) is 3.89. The van der Waals surface area contributed by atoms with Gasteiger partial charge >= 0.3 is 0 Å². The first-order valence-electron chi connectivity index (χ1n) is 6.94. The van der Waals surface area contributed by atoms with Gasteiger partial charge in [0.15, 0.2) is 0 Å². The maximum atomic E-state index is 11.8. The summed E-state index contributed by atoms with van der Waals surface area (Å²) in [4.78, 5) is 18.4. The molecule has 1 aliphatic heterocycles. The molecule has 19 heavy (non-hydrogen) atoms. The van der Waals surface area contributed by atoms with Crippen molar-refractivity contribution in [1.29, 1.82) is 0 Å². The number of piperazine rings is 1. The van der Waals surface area contributed by atoms with Crippen molar-refractivity contribution in [3.63, 3.8) is 0 Å². The van der Waals surface area contributed by atoms with Gasteiger partial charge in [-0.1, -0.05) is 37.3 Å². The highest BCUT2D eigenvalue weighted by molar-refractivity contribution is 6.05. The average Bonchev–Trinajstić information content (AvgIpc) is 2.47. The predicted octanol–water partition coefficient (Wildman–Crippen LogP) is 1.67. The fourth-order valence-corrected chi connectivity index (χ4v) is 2.17. The standard InChI is InChI=1S/C15H21N3O/c1-2-6-14(19)17-15(13-7-4-3-5-8-13)18-11-9-16-10-12-18/h3-5,7-8,16H,2,6,9-12H2,1H3. The molecular formula is C15H21N3O. The van der Waals surface area contributed by atoms with Crippen molar-refractivity contribution >= 4 is 11.7 Å². The Labute approximate surface area is 114 Å². The average molecular weight is 259 g/mol.